The molecule has 0 amide bonds. The van der Waals surface area contributed by atoms with Crippen molar-refractivity contribution < 1.29 is 0 Å². The number of nitrogens with one attached hydrogen (secondary N) is 1. The van der Waals surface area contributed by atoms with Gasteiger partial charge >= 0.3 is 0 Å². The van der Waals surface area contributed by atoms with Gasteiger partial charge in [-0.15, -0.1) is 0 Å². The molecule has 1 saturated heterocycles. The second-order valence-electron chi connectivity index (χ2n) is 7.50. The summed E-state index contributed by atoms with van der Waals surface area (Å²) in [5, 5.41) is 3.60. The van der Waals surface area contributed by atoms with Crippen LogP contribution in [0.5, 0.6) is 0 Å². The lowest BCUT2D eigenvalue weighted by Crippen LogP contribution is -2.52. The van der Waals surface area contributed by atoms with Gasteiger partial charge in [-0.3, -0.25) is 4.90 Å². The summed E-state index contributed by atoms with van der Waals surface area (Å²) in [6, 6.07) is 0.691. The lowest BCUT2D eigenvalue weighted by atomic mass is 10.0. The molecule has 0 radical (unpaired) electrons. The normalized spacial score (nSPS) is 21.6. The monoisotopic (exact) mass is 283 g/mol. The highest BCUT2D eigenvalue weighted by atomic mass is 15.3. The van der Waals surface area contributed by atoms with E-state index in [1.807, 2.05) is 0 Å². The van der Waals surface area contributed by atoms with Gasteiger partial charge in [0.1, 0.15) is 0 Å². The molecule has 2 unspecified atom stereocenters. The Bertz CT molecular complexity index is 245. The summed E-state index contributed by atoms with van der Waals surface area (Å²) in [5.41, 5.74) is 0. The molecule has 1 aliphatic rings. The Hall–Kier alpha value is -0.120. The molecule has 0 saturated carbocycles. The van der Waals surface area contributed by atoms with E-state index in [1.54, 1.807) is 0 Å². The Morgan fingerprint density at radius 1 is 0.800 bits per heavy atom. The molecular formula is C17H37N3. The molecule has 0 spiro atoms. The van der Waals surface area contributed by atoms with Gasteiger partial charge in [0.05, 0.1) is 0 Å². The van der Waals surface area contributed by atoms with Crippen molar-refractivity contribution in [2.45, 2.75) is 47.6 Å². The molecule has 1 heterocycles. The summed E-state index contributed by atoms with van der Waals surface area (Å²) in [6.45, 7) is 22.5. The third-order valence-corrected chi connectivity index (χ3v) is 4.45. The molecule has 3 heteroatoms. The Morgan fingerprint density at radius 3 is 1.90 bits per heavy atom. The smallest absolute Gasteiger partial charge is 0.0113 e. The minimum Gasteiger partial charge on any atom is -0.316 e. The lowest BCUT2D eigenvalue weighted by molar-refractivity contribution is 0.0747. The maximum atomic E-state index is 3.60. The van der Waals surface area contributed by atoms with Crippen LogP contribution >= 0.6 is 0 Å². The third kappa shape index (κ3) is 6.55. The zero-order valence-corrected chi connectivity index (χ0v) is 14.7. The van der Waals surface area contributed by atoms with Gasteiger partial charge in [-0.2, -0.15) is 0 Å². The Morgan fingerprint density at radius 2 is 1.40 bits per heavy atom. The highest BCUT2D eigenvalue weighted by Gasteiger charge is 2.24. The van der Waals surface area contributed by atoms with E-state index in [9.17, 15) is 0 Å². The third-order valence-electron chi connectivity index (χ3n) is 4.45. The standard InChI is InChI=1S/C17H37N3/c1-14(2)11-18-12-16(5)17(6)20-9-7-19(8-10-20)13-15(3)4/h14-18H,7-13H2,1-6H3. The SMILES string of the molecule is CC(C)CNCC(C)C(C)N1CCN(CC(C)C)CC1. The van der Waals surface area contributed by atoms with E-state index in [4.69, 9.17) is 0 Å². The van der Waals surface area contributed by atoms with Gasteiger partial charge in [0.2, 0.25) is 0 Å². The fourth-order valence-electron chi connectivity index (χ4n) is 3.00. The van der Waals surface area contributed by atoms with E-state index in [-0.39, 0.29) is 0 Å². The highest BCUT2D eigenvalue weighted by molar-refractivity contribution is 4.80. The van der Waals surface area contributed by atoms with E-state index in [0.717, 1.165) is 30.8 Å². The zero-order chi connectivity index (χ0) is 15.1. The van der Waals surface area contributed by atoms with Gasteiger partial charge < -0.3 is 10.2 Å². The fourth-order valence-corrected chi connectivity index (χ4v) is 3.00. The predicted molar refractivity (Wildman–Crippen MR) is 89.2 cm³/mol. The number of nitrogens with zero attached hydrogens (tertiary/aromatic N) is 2. The molecule has 1 fully saturated rings. The first-order valence-electron chi connectivity index (χ1n) is 8.57. The molecule has 1 aliphatic heterocycles. The van der Waals surface area contributed by atoms with Crippen molar-refractivity contribution in [3.8, 4) is 0 Å². The summed E-state index contributed by atoms with van der Waals surface area (Å²) < 4.78 is 0. The lowest BCUT2D eigenvalue weighted by Gasteiger charge is -2.40. The molecule has 0 aliphatic carbocycles. The maximum absolute atomic E-state index is 3.60. The van der Waals surface area contributed by atoms with Crippen molar-refractivity contribution in [1.29, 1.82) is 0 Å². The quantitative estimate of drug-likeness (QED) is 0.738. The van der Waals surface area contributed by atoms with Crippen LogP contribution in [0.2, 0.25) is 0 Å². The van der Waals surface area contributed by atoms with Crippen molar-refractivity contribution in [3.63, 3.8) is 0 Å². The molecule has 0 aromatic rings. The Balaban J connectivity index is 2.25. The van der Waals surface area contributed by atoms with Crippen LogP contribution in [0.4, 0.5) is 0 Å². The Labute approximate surface area is 127 Å². The summed E-state index contributed by atoms with van der Waals surface area (Å²) in [4.78, 5) is 5.30. The first kappa shape index (κ1) is 17.9. The first-order valence-corrected chi connectivity index (χ1v) is 8.57. The molecule has 3 nitrogen and oxygen atoms in total. The highest BCUT2D eigenvalue weighted by Crippen LogP contribution is 2.14. The first-order chi connectivity index (χ1) is 9.40. The van der Waals surface area contributed by atoms with Gasteiger partial charge in [0.25, 0.3) is 0 Å². The van der Waals surface area contributed by atoms with Crippen LogP contribution in [-0.2, 0) is 0 Å². The van der Waals surface area contributed by atoms with Gasteiger partial charge in [0.15, 0.2) is 0 Å². The van der Waals surface area contributed by atoms with Gasteiger partial charge in [-0.25, -0.2) is 0 Å². The van der Waals surface area contributed by atoms with Crippen LogP contribution in [0.25, 0.3) is 0 Å². The van der Waals surface area contributed by atoms with Crippen molar-refractivity contribution in [1.82, 2.24) is 15.1 Å². The average Bonchev–Trinajstić information content (AvgIpc) is 2.37. The predicted octanol–water partition coefficient (Wildman–Crippen LogP) is 2.53. The van der Waals surface area contributed by atoms with Crippen LogP contribution in [0.15, 0.2) is 0 Å². The minimum absolute atomic E-state index is 0.691. The summed E-state index contributed by atoms with van der Waals surface area (Å²) >= 11 is 0. The van der Waals surface area contributed by atoms with Crippen LogP contribution in [0.1, 0.15) is 41.5 Å². The van der Waals surface area contributed by atoms with Crippen LogP contribution in [-0.4, -0.2) is 61.7 Å². The molecule has 20 heavy (non-hydrogen) atoms. The summed E-state index contributed by atoms with van der Waals surface area (Å²) in [6.07, 6.45) is 0. The van der Waals surface area contributed by atoms with Crippen LogP contribution < -0.4 is 5.32 Å². The van der Waals surface area contributed by atoms with Gasteiger partial charge in [0, 0.05) is 38.8 Å². The van der Waals surface area contributed by atoms with E-state index in [2.05, 4.69) is 56.7 Å². The molecular weight excluding hydrogens is 246 g/mol. The van der Waals surface area contributed by atoms with E-state index >= 15 is 0 Å². The Kier molecular flexibility index (Phi) is 8.08. The molecule has 1 N–H and O–H groups in total. The molecule has 1 rings (SSSR count). The van der Waals surface area contributed by atoms with Crippen molar-refractivity contribution in [2.24, 2.45) is 17.8 Å². The molecule has 0 aromatic heterocycles. The summed E-state index contributed by atoms with van der Waals surface area (Å²) in [7, 11) is 0. The molecule has 0 aromatic carbocycles. The van der Waals surface area contributed by atoms with E-state index in [1.165, 1.54) is 32.7 Å². The van der Waals surface area contributed by atoms with E-state index < -0.39 is 0 Å². The second-order valence-corrected chi connectivity index (χ2v) is 7.50. The number of hydrogen-bond acceptors (Lipinski definition) is 3. The summed E-state index contributed by atoms with van der Waals surface area (Å²) in [5.74, 6) is 2.26. The van der Waals surface area contributed by atoms with Crippen molar-refractivity contribution >= 4 is 0 Å². The fraction of sp³-hybridized carbons (Fsp3) is 1.00. The maximum Gasteiger partial charge on any atom is 0.0113 e. The zero-order valence-electron chi connectivity index (χ0n) is 14.7. The average molecular weight is 284 g/mol. The number of piperazine rings is 1. The van der Waals surface area contributed by atoms with Crippen LogP contribution in [0, 0.1) is 17.8 Å². The molecule has 0 bridgehead atoms. The van der Waals surface area contributed by atoms with Crippen molar-refractivity contribution in [2.75, 3.05) is 45.8 Å². The second kappa shape index (κ2) is 9.01. The van der Waals surface area contributed by atoms with Gasteiger partial charge in [-0.1, -0.05) is 34.6 Å². The molecule has 2 atom stereocenters. The van der Waals surface area contributed by atoms with Crippen molar-refractivity contribution in [3.05, 3.63) is 0 Å². The van der Waals surface area contributed by atoms with Crippen LogP contribution in [0.3, 0.4) is 0 Å². The largest absolute Gasteiger partial charge is 0.316 e. The van der Waals surface area contributed by atoms with E-state index in [0.29, 0.717) is 6.04 Å². The topological polar surface area (TPSA) is 18.5 Å². The number of rotatable bonds is 8. The van der Waals surface area contributed by atoms with Gasteiger partial charge in [-0.05, 0) is 37.8 Å². The molecule has 120 valence electrons. The minimum atomic E-state index is 0.691. The number of hydrogen-bond donors (Lipinski definition) is 1.